The van der Waals surface area contributed by atoms with Crippen molar-refractivity contribution >= 4 is 23.3 Å². The summed E-state index contributed by atoms with van der Waals surface area (Å²) >= 11 is 0. The van der Waals surface area contributed by atoms with Gasteiger partial charge < -0.3 is 15.6 Å². The monoisotopic (exact) mass is 265 g/mol. The third kappa shape index (κ3) is 3.12. The molecule has 8 heteroatoms. The fourth-order valence-electron chi connectivity index (χ4n) is 1.35. The van der Waals surface area contributed by atoms with Gasteiger partial charge in [-0.05, 0) is 31.2 Å². The first-order chi connectivity index (χ1) is 9.06. The number of aromatic nitrogens is 1. The summed E-state index contributed by atoms with van der Waals surface area (Å²) in [5.74, 6) is -0.336. The minimum absolute atomic E-state index is 0.0226. The topological polar surface area (TPSA) is 105 Å². The molecule has 0 aliphatic rings. The summed E-state index contributed by atoms with van der Waals surface area (Å²) in [4.78, 5) is 11.6. The number of hydrogen-bond donors (Lipinski definition) is 4. The van der Waals surface area contributed by atoms with Crippen LogP contribution in [0.2, 0.25) is 0 Å². The zero-order chi connectivity index (χ0) is 13.8. The Hall–Kier alpha value is -2.77. The lowest BCUT2D eigenvalue weighted by Crippen LogP contribution is -2.33. The molecule has 0 aliphatic heterocycles. The van der Waals surface area contributed by atoms with Gasteiger partial charge in [-0.1, -0.05) is 5.16 Å². The maximum Gasteiger partial charge on any atom is 0.338 e. The van der Waals surface area contributed by atoms with Crippen molar-refractivity contribution in [3.05, 3.63) is 35.8 Å². The van der Waals surface area contributed by atoms with Crippen LogP contribution in [0.1, 0.15) is 5.69 Å². The molecule has 1 aromatic heterocycles. The highest BCUT2D eigenvalue weighted by Crippen LogP contribution is 2.21. The van der Waals surface area contributed by atoms with Gasteiger partial charge in [0.05, 0.1) is 5.69 Å². The molecule has 1 aromatic carbocycles. The van der Waals surface area contributed by atoms with E-state index in [0.717, 1.165) is 0 Å². The molecule has 19 heavy (non-hydrogen) atoms. The fourth-order valence-corrected chi connectivity index (χ4v) is 1.35. The molecule has 0 spiro atoms. The SMILES string of the molecule is Cc1noc(N)c1NC(=O)NNc1ccc(F)cc1. The fraction of sp³-hybridized carbons (Fsp3) is 0.0909. The number of rotatable bonds is 3. The molecule has 2 aromatic rings. The average Bonchev–Trinajstić information content (AvgIpc) is 2.70. The van der Waals surface area contributed by atoms with Gasteiger partial charge in [-0.3, -0.25) is 10.9 Å². The molecular weight excluding hydrogens is 253 g/mol. The second-order valence-electron chi connectivity index (χ2n) is 3.72. The number of hydrazine groups is 1. The molecule has 5 N–H and O–H groups in total. The molecule has 0 bridgehead atoms. The van der Waals surface area contributed by atoms with Crippen LogP contribution in [0.5, 0.6) is 0 Å². The van der Waals surface area contributed by atoms with Gasteiger partial charge in [-0.2, -0.15) is 0 Å². The molecule has 100 valence electrons. The molecule has 0 saturated heterocycles. The van der Waals surface area contributed by atoms with E-state index in [0.29, 0.717) is 17.1 Å². The lowest BCUT2D eigenvalue weighted by molar-refractivity contribution is 0.254. The molecule has 1 heterocycles. The van der Waals surface area contributed by atoms with Gasteiger partial charge in [-0.15, -0.1) is 0 Å². The van der Waals surface area contributed by atoms with E-state index in [9.17, 15) is 9.18 Å². The highest BCUT2D eigenvalue weighted by atomic mass is 19.1. The van der Waals surface area contributed by atoms with Gasteiger partial charge in [-0.25, -0.2) is 9.18 Å². The van der Waals surface area contributed by atoms with Crippen molar-refractivity contribution < 1.29 is 13.7 Å². The van der Waals surface area contributed by atoms with Crippen LogP contribution in [-0.2, 0) is 0 Å². The van der Waals surface area contributed by atoms with Gasteiger partial charge in [0.1, 0.15) is 17.2 Å². The van der Waals surface area contributed by atoms with Gasteiger partial charge in [0.25, 0.3) is 0 Å². The predicted octanol–water partition coefficient (Wildman–Crippen LogP) is 1.85. The molecule has 0 radical (unpaired) electrons. The summed E-state index contributed by atoms with van der Waals surface area (Å²) in [5.41, 5.74) is 11.8. The van der Waals surface area contributed by atoms with Crippen molar-refractivity contribution in [3.8, 4) is 0 Å². The van der Waals surface area contributed by atoms with Gasteiger partial charge in [0, 0.05) is 0 Å². The number of nitrogen functional groups attached to an aromatic ring is 1. The number of carbonyl (C=O) groups is 1. The number of nitrogens with zero attached hydrogens (tertiary/aromatic N) is 1. The smallest absolute Gasteiger partial charge is 0.338 e. The number of urea groups is 1. The van der Waals surface area contributed by atoms with Gasteiger partial charge in [0.15, 0.2) is 0 Å². The Kier molecular flexibility index (Phi) is 3.51. The first-order valence-electron chi connectivity index (χ1n) is 5.36. The van der Waals surface area contributed by atoms with E-state index in [-0.39, 0.29) is 11.7 Å². The third-order valence-electron chi connectivity index (χ3n) is 2.29. The van der Waals surface area contributed by atoms with E-state index >= 15 is 0 Å². The maximum atomic E-state index is 12.7. The molecule has 7 nitrogen and oxygen atoms in total. The summed E-state index contributed by atoms with van der Waals surface area (Å²) in [6, 6.07) is 4.94. The Morgan fingerprint density at radius 3 is 2.63 bits per heavy atom. The number of carbonyl (C=O) groups excluding carboxylic acids is 1. The summed E-state index contributed by atoms with van der Waals surface area (Å²) in [5, 5.41) is 6.06. The quantitative estimate of drug-likeness (QED) is 0.634. The molecule has 0 atom stereocenters. The van der Waals surface area contributed by atoms with Crippen molar-refractivity contribution in [1.82, 2.24) is 10.6 Å². The van der Waals surface area contributed by atoms with Crippen LogP contribution in [0.15, 0.2) is 28.8 Å². The van der Waals surface area contributed by atoms with Crippen LogP contribution in [0.3, 0.4) is 0 Å². The number of hydrogen-bond acceptors (Lipinski definition) is 5. The van der Waals surface area contributed by atoms with Crippen LogP contribution < -0.4 is 21.9 Å². The van der Waals surface area contributed by atoms with E-state index in [2.05, 4.69) is 21.3 Å². The summed E-state index contributed by atoms with van der Waals surface area (Å²) in [7, 11) is 0. The largest absolute Gasteiger partial charge is 0.366 e. The molecule has 0 aliphatic carbocycles. The summed E-state index contributed by atoms with van der Waals surface area (Å²) in [6.07, 6.45) is 0. The number of nitrogens with one attached hydrogen (secondary N) is 3. The minimum Gasteiger partial charge on any atom is -0.366 e. The lowest BCUT2D eigenvalue weighted by atomic mass is 10.3. The van der Waals surface area contributed by atoms with Crippen molar-refractivity contribution in [2.24, 2.45) is 0 Å². The van der Waals surface area contributed by atoms with Crippen molar-refractivity contribution in [2.45, 2.75) is 6.92 Å². The molecule has 0 saturated carbocycles. The standard InChI is InChI=1S/C11H12FN5O2/c1-6-9(10(13)19-17-6)14-11(18)16-15-8-4-2-7(12)3-5-8/h2-5,15H,13H2,1H3,(H2,14,16,18). The number of anilines is 3. The third-order valence-corrected chi connectivity index (χ3v) is 2.29. The van der Waals surface area contributed by atoms with Crippen LogP contribution in [-0.4, -0.2) is 11.2 Å². The Balaban J connectivity index is 1.90. The minimum atomic E-state index is -0.553. The van der Waals surface area contributed by atoms with Gasteiger partial charge >= 0.3 is 6.03 Å². The first kappa shape index (κ1) is 12.7. The van der Waals surface area contributed by atoms with E-state index in [4.69, 9.17) is 10.3 Å². The van der Waals surface area contributed by atoms with Gasteiger partial charge in [0.2, 0.25) is 5.88 Å². The Labute approximate surface area is 107 Å². The summed E-state index contributed by atoms with van der Waals surface area (Å²) < 4.78 is 17.4. The number of amides is 2. The second kappa shape index (κ2) is 5.25. The normalized spacial score (nSPS) is 10.0. The van der Waals surface area contributed by atoms with E-state index in [1.54, 1.807) is 6.92 Å². The van der Waals surface area contributed by atoms with Crippen molar-refractivity contribution in [1.29, 1.82) is 0 Å². The molecule has 2 amide bonds. The van der Waals surface area contributed by atoms with Crippen LogP contribution in [0, 0.1) is 12.7 Å². The highest BCUT2D eigenvalue weighted by molar-refractivity contribution is 5.92. The van der Waals surface area contributed by atoms with Crippen LogP contribution in [0.25, 0.3) is 0 Å². The number of aryl methyl sites for hydroxylation is 1. The Morgan fingerprint density at radius 2 is 2.05 bits per heavy atom. The second-order valence-corrected chi connectivity index (χ2v) is 3.72. The number of nitrogens with two attached hydrogens (primary N) is 1. The van der Waals surface area contributed by atoms with E-state index in [1.165, 1.54) is 24.3 Å². The van der Waals surface area contributed by atoms with Crippen molar-refractivity contribution in [3.63, 3.8) is 0 Å². The van der Waals surface area contributed by atoms with E-state index < -0.39 is 6.03 Å². The summed E-state index contributed by atoms with van der Waals surface area (Å²) in [6.45, 7) is 1.64. The Bertz CT molecular complexity index is 562. The van der Waals surface area contributed by atoms with Crippen LogP contribution >= 0.6 is 0 Å². The van der Waals surface area contributed by atoms with Crippen LogP contribution in [0.4, 0.5) is 26.4 Å². The van der Waals surface area contributed by atoms with Crippen molar-refractivity contribution in [2.75, 3.05) is 16.5 Å². The number of benzene rings is 1. The molecule has 0 unspecified atom stereocenters. The maximum absolute atomic E-state index is 12.7. The van der Waals surface area contributed by atoms with E-state index in [1.807, 2.05) is 0 Å². The molecular formula is C11H12FN5O2. The zero-order valence-electron chi connectivity index (χ0n) is 10.0. The average molecular weight is 265 g/mol. The highest BCUT2D eigenvalue weighted by Gasteiger charge is 2.12. The first-order valence-corrected chi connectivity index (χ1v) is 5.36. The number of halogens is 1. The Morgan fingerprint density at radius 1 is 1.37 bits per heavy atom. The lowest BCUT2D eigenvalue weighted by Gasteiger charge is -2.09. The predicted molar refractivity (Wildman–Crippen MR) is 67.8 cm³/mol. The zero-order valence-corrected chi connectivity index (χ0v) is 10.0. The molecule has 0 fully saturated rings. The molecule has 2 rings (SSSR count).